The number of hydrogen-bond acceptors (Lipinski definition) is 3. The average Bonchev–Trinajstić information content (AvgIpc) is 2.69. The van der Waals surface area contributed by atoms with Gasteiger partial charge in [-0.15, -0.1) is 0 Å². The minimum Gasteiger partial charge on any atom is -0.385 e. The van der Waals surface area contributed by atoms with Gasteiger partial charge in [0.1, 0.15) is 0 Å². The Kier molecular flexibility index (Phi) is 12.4. The van der Waals surface area contributed by atoms with Crippen molar-refractivity contribution in [3.63, 3.8) is 0 Å². The van der Waals surface area contributed by atoms with E-state index in [0.29, 0.717) is 5.92 Å². The summed E-state index contributed by atoms with van der Waals surface area (Å²) in [7, 11) is 3.59. The van der Waals surface area contributed by atoms with Gasteiger partial charge in [-0.2, -0.15) is 0 Å². The first kappa shape index (κ1) is 23.0. The fourth-order valence-corrected chi connectivity index (χ4v) is 3.89. The van der Waals surface area contributed by atoms with Crippen molar-refractivity contribution >= 4 is 5.69 Å². The van der Waals surface area contributed by atoms with Gasteiger partial charge in [0.25, 0.3) is 0 Å². The van der Waals surface area contributed by atoms with Crippen LogP contribution in [0, 0.1) is 5.92 Å². The van der Waals surface area contributed by atoms with Crippen molar-refractivity contribution in [1.82, 2.24) is 0 Å². The monoisotopic (exact) mass is 363 g/mol. The van der Waals surface area contributed by atoms with Crippen LogP contribution in [0.25, 0.3) is 0 Å². The molecule has 1 aromatic rings. The van der Waals surface area contributed by atoms with Crippen molar-refractivity contribution in [2.75, 3.05) is 26.1 Å². The number of ether oxygens (including phenoxy) is 2. The van der Waals surface area contributed by atoms with Gasteiger partial charge < -0.3 is 14.8 Å². The van der Waals surface area contributed by atoms with Crippen LogP contribution in [0.2, 0.25) is 0 Å². The molecule has 0 spiro atoms. The summed E-state index contributed by atoms with van der Waals surface area (Å²) in [5.41, 5.74) is 1.19. The van der Waals surface area contributed by atoms with Gasteiger partial charge in [0.15, 0.2) is 5.79 Å². The molecule has 1 N–H and O–H groups in total. The van der Waals surface area contributed by atoms with E-state index in [4.69, 9.17) is 9.47 Å². The highest BCUT2D eigenvalue weighted by molar-refractivity contribution is 5.42. The Morgan fingerprint density at radius 3 is 2.08 bits per heavy atom. The maximum Gasteiger partial charge on any atom is 0.170 e. The van der Waals surface area contributed by atoms with Gasteiger partial charge >= 0.3 is 0 Å². The highest BCUT2D eigenvalue weighted by Crippen LogP contribution is 2.34. The largest absolute Gasteiger partial charge is 0.385 e. The molecule has 150 valence electrons. The summed E-state index contributed by atoms with van der Waals surface area (Å²) in [6, 6.07) is 10.4. The molecular weight excluding hydrogens is 322 g/mol. The fraction of sp³-hybridized carbons (Fsp3) is 0.739. The molecule has 1 atom stereocenters. The molecule has 0 radical (unpaired) electrons. The van der Waals surface area contributed by atoms with E-state index in [-0.39, 0.29) is 0 Å². The summed E-state index contributed by atoms with van der Waals surface area (Å²) in [6.07, 6.45) is 12.3. The highest BCUT2D eigenvalue weighted by atomic mass is 16.7. The first-order chi connectivity index (χ1) is 12.7. The first-order valence-electron chi connectivity index (χ1n) is 10.6. The zero-order valence-electron chi connectivity index (χ0n) is 17.6. The van der Waals surface area contributed by atoms with Crippen LogP contribution in [-0.4, -0.2) is 26.6 Å². The third-order valence-electron chi connectivity index (χ3n) is 5.54. The van der Waals surface area contributed by atoms with Gasteiger partial charge in [-0.05, 0) is 37.8 Å². The van der Waals surface area contributed by atoms with Crippen LogP contribution in [0.3, 0.4) is 0 Å². The fourth-order valence-electron chi connectivity index (χ4n) is 3.89. The normalized spacial score (nSPS) is 12.9. The van der Waals surface area contributed by atoms with Gasteiger partial charge in [-0.3, -0.25) is 0 Å². The lowest BCUT2D eigenvalue weighted by Gasteiger charge is -2.38. The molecule has 1 aromatic carbocycles. The number of benzene rings is 1. The number of para-hydroxylation sites is 1. The molecule has 0 saturated heterocycles. The molecule has 26 heavy (non-hydrogen) atoms. The molecule has 0 fully saturated rings. The lowest BCUT2D eigenvalue weighted by Crippen LogP contribution is -2.41. The lowest BCUT2D eigenvalue weighted by atomic mass is 9.86. The van der Waals surface area contributed by atoms with Crippen molar-refractivity contribution < 1.29 is 9.47 Å². The Morgan fingerprint density at radius 2 is 1.46 bits per heavy atom. The summed E-state index contributed by atoms with van der Waals surface area (Å²) in [4.78, 5) is 0. The predicted molar refractivity (Wildman–Crippen MR) is 113 cm³/mol. The Morgan fingerprint density at radius 1 is 0.846 bits per heavy atom. The number of rotatable bonds is 16. The Balaban J connectivity index is 2.46. The molecule has 3 heteroatoms. The third-order valence-corrected chi connectivity index (χ3v) is 5.54. The molecule has 0 saturated carbocycles. The second kappa shape index (κ2) is 14.1. The van der Waals surface area contributed by atoms with Crippen LogP contribution < -0.4 is 5.32 Å². The molecule has 0 aliphatic rings. The minimum atomic E-state index is -0.434. The molecule has 0 aliphatic carbocycles. The van der Waals surface area contributed by atoms with E-state index < -0.39 is 5.79 Å². The Labute approximate surface area is 161 Å². The summed E-state index contributed by atoms with van der Waals surface area (Å²) < 4.78 is 11.7. The SMILES string of the molecule is CCCCCCCCC(CCCNc1ccccc1)C(CC)(OC)OC. The van der Waals surface area contributed by atoms with Crippen LogP contribution >= 0.6 is 0 Å². The number of nitrogens with one attached hydrogen (secondary N) is 1. The Hall–Kier alpha value is -1.06. The Bertz CT molecular complexity index is 423. The third kappa shape index (κ3) is 8.09. The molecule has 0 aromatic heterocycles. The maximum atomic E-state index is 5.87. The summed E-state index contributed by atoms with van der Waals surface area (Å²) in [5.74, 6) is 0.0159. The lowest BCUT2D eigenvalue weighted by molar-refractivity contribution is -0.244. The second-order valence-corrected chi connectivity index (χ2v) is 7.26. The number of methoxy groups -OCH3 is 2. The number of anilines is 1. The van der Waals surface area contributed by atoms with Gasteiger partial charge in [-0.1, -0.05) is 70.6 Å². The zero-order valence-corrected chi connectivity index (χ0v) is 17.6. The van der Waals surface area contributed by atoms with E-state index >= 15 is 0 Å². The zero-order chi connectivity index (χ0) is 19.1. The smallest absolute Gasteiger partial charge is 0.170 e. The van der Waals surface area contributed by atoms with Crippen molar-refractivity contribution in [2.24, 2.45) is 5.92 Å². The van der Waals surface area contributed by atoms with Gasteiger partial charge in [-0.25, -0.2) is 0 Å². The standard InChI is InChI=1S/C23H41NO2/c1-5-7-8-9-10-12-16-21(23(6-2,25-3)26-4)17-15-20-24-22-18-13-11-14-19-22/h11,13-14,18-19,21,24H,5-10,12,15-17,20H2,1-4H3. The number of unbranched alkanes of at least 4 members (excludes halogenated alkanes) is 5. The van der Waals surface area contributed by atoms with Crippen molar-refractivity contribution in [2.45, 2.75) is 83.8 Å². The number of hydrogen-bond donors (Lipinski definition) is 1. The minimum absolute atomic E-state index is 0.434. The average molecular weight is 364 g/mol. The maximum absolute atomic E-state index is 5.87. The van der Waals surface area contributed by atoms with E-state index in [0.717, 1.165) is 25.8 Å². The van der Waals surface area contributed by atoms with E-state index in [1.165, 1.54) is 50.6 Å². The van der Waals surface area contributed by atoms with Gasteiger partial charge in [0, 0.05) is 32.4 Å². The van der Waals surface area contributed by atoms with Gasteiger partial charge in [0.2, 0.25) is 0 Å². The topological polar surface area (TPSA) is 30.5 Å². The second-order valence-electron chi connectivity index (χ2n) is 7.26. The van der Waals surface area contributed by atoms with E-state index in [2.05, 4.69) is 49.5 Å². The van der Waals surface area contributed by atoms with E-state index in [1.54, 1.807) is 14.2 Å². The molecule has 0 heterocycles. The van der Waals surface area contributed by atoms with Gasteiger partial charge in [0.05, 0.1) is 0 Å². The van der Waals surface area contributed by atoms with E-state index in [9.17, 15) is 0 Å². The highest BCUT2D eigenvalue weighted by Gasteiger charge is 2.36. The predicted octanol–water partition coefficient (Wildman–Crippen LogP) is 6.64. The molecule has 0 bridgehead atoms. The summed E-state index contributed by atoms with van der Waals surface area (Å²) in [5, 5.41) is 3.51. The molecule has 1 unspecified atom stereocenters. The summed E-state index contributed by atoms with van der Waals surface area (Å²) in [6.45, 7) is 5.43. The van der Waals surface area contributed by atoms with Crippen molar-refractivity contribution in [1.29, 1.82) is 0 Å². The molecule has 1 rings (SSSR count). The molecule has 0 amide bonds. The molecule has 0 aliphatic heterocycles. The van der Waals surface area contributed by atoms with Crippen molar-refractivity contribution in [3.05, 3.63) is 30.3 Å². The van der Waals surface area contributed by atoms with Crippen LogP contribution in [0.4, 0.5) is 5.69 Å². The quantitative estimate of drug-likeness (QED) is 0.263. The molecule has 3 nitrogen and oxygen atoms in total. The van der Waals surface area contributed by atoms with Crippen LogP contribution in [0.1, 0.15) is 78.1 Å². The first-order valence-corrected chi connectivity index (χ1v) is 10.6. The summed E-state index contributed by atoms with van der Waals surface area (Å²) >= 11 is 0. The molecular formula is C23H41NO2. The van der Waals surface area contributed by atoms with Crippen molar-refractivity contribution in [3.8, 4) is 0 Å². The van der Waals surface area contributed by atoms with Crippen LogP contribution in [-0.2, 0) is 9.47 Å². The van der Waals surface area contributed by atoms with E-state index in [1.807, 2.05) is 0 Å². The van der Waals surface area contributed by atoms with Crippen LogP contribution in [0.5, 0.6) is 0 Å². The van der Waals surface area contributed by atoms with Crippen LogP contribution in [0.15, 0.2) is 30.3 Å².